The van der Waals surface area contributed by atoms with Crippen LogP contribution in [0.15, 0.2) is 12.4 Å². The maximum absolute atomic E-state index is 13.0. The molecule has 0 spiro atoms. The Bertz CT molecular complexity index is 1020. The number of aryl methyl sites for hydroxylation is 1. The summed E-state index contributed by atoms with van der Waals surface area (Å²) in [6.07, 6.45) is 6.05. The first-order chi connectivity index (χ1) is 16.0. The van der Waals surface area contributed by atoms with Crippen LogP contribution in [0.5, 0.6) is 0 Å². The van der Waals surface area contributed by atoms with E-state index in [2.05, 4.69) is 26.3 Å². The van der Waals surface area contributed by atoms with Gasteiger partial charge in [0, 0.05) is 57.9 Å². The molecule has 178 valence electrons. The van der Waals surface area contributed by atoms with Crippen molar-refractivity contribution in [3.8, 4) is 0 Å². The van der Waals surface area contributed by atoms with Gasteiger partial charge in [0.2, 0.25) is 11.8 Å². The van der Waals surface area contributed by atoms with Crippen LogP contribution in [0.2, 0.25) is 0 Å². The minimum absolute atomic E-state index is 0.0148. The number of likely N-dealkylation sites (tertiary alicyclic amines) is 1. The maximum atomic E-state index is 13.0. The second kappa shape index (κ2) is 10.2. The Morgan fingerprint density at radius 2 is 1.82 bits per heavy atom. The number of nitrogens with one attached hydrogen (secondary N) is 3. The molecule has 11 heteroatoms. The average Bonchev–Trinajstić information content (AvgIpc) is 3.27. The van der Waals surface area contributed by atoms with Gasteiger partial charge >= 0.3 is 0 Å². The lowest BCUT2D eigenvalue weighted by molar-refractivity contribution is -0.134. The van der Waals surface area contributed by atoms with Gasteiger partial charge < -0.3 is 15.0 Å². The molecule has 0 unspecified atom stereocenters. The quantitative estimate of drug-likeness (QED) is 0.572. The summed E-state index contributed by atoms with van der Waals surface area (Å²) in [7, 11) is 0. The van der Waals surface area contributed by atoms with Gasteiger partial charge in [0.25, 0.3) is 5.91 Å². The van der Waals surface area contributed by atoms with E-state index in [9.17, 15) is 14.4 Å². The Morgan fingerprint density at radius 3 is 2.48 bits per heavy atom. The molecule has 2 aliphatic rings. The summed E-state index contributed by atoms with van der Waals surface area (Å²) >= 11 is 0. The van der Waals surface area contributed by atoms with E-state index in [4.69, 9.17) is 4.74 Å². The van der Waals surface area contributed by atoms with Gasteiger partial charge in [-0.25, -0.2) is 9.67 Å². The average molecular weight is 458 g/mol. The highest BCUT2D eigenvalue weighted by Crippen LogP contribution is 2.28. The van der Waals surface area contributed by atoms with Crippen LogP contribution in [0.3, 0.4) is 0 Å². The first-order valence-electron chi connectivity index (χ1n) is 11.5. The number of anilines is 1. The van der Waals surface area contributed by atoms with Crippen molar-refractivity contribution < 1.29 is 19.1 Å². The number of fused-ring (bicyclic) bond motifs is 1. The highest BCUT2D eigenvalue weighted by Gasteiger charge is 2.27. The molecule has 0 radical (unpaired) electrons. The Kier molecular flexibility index (Phi) is 7.07. The first-order valence-corrected chi connectivity index (χ1v) is 11.5. The summed E-state index contributed by atoms with van der Waals surface area (Å²) in [5, 5.41) is 8.64. The van der Waals surface area contributed by atoms with Crippen molar-refractivity contribution in [3.63, 3.8) is 0 Å². The lowest BCUT2D eigenvalue weighted by atomic mass is 9.96. The van der Waals surface area contributed by atoms with Crippen LogP contribution < -0.4 is 16.2 Å². The van der Waals surface area contributed by atoms with Gasteiger partial charge in [0.15, 0.2) is 5.65 Å². The van der Waals surface area contributed by atoms with Gasteiger partial charge in [0.1, 0.15) is 0 Å². The number of pyridine rings is 1. The highest BCUT2D eigenvalue weighted by atomic mass is 16.5. The van der Waals surface area contributed by atoms with Crippen molar-refractivity contribution in [1.82, 2.24) is 30.5 Å². The molecular formula is C22H31N7O4. The van der Waals surface area contributed by atoms with Crippen molar-refractivity contribution in [1.29, 1.82) is 0 Å². The number of ether oxygens (including phenoxy) is 1. The van der Waals surface area contributed by atoms with Crippen LogP contribution >= 0.6 is 0 Å². The zero-order valence-electron chi connectivity index (χ0n) is 19.1. The Labute approximate surface area is 192 Å². The number of hydrogen-bond donors (Lipinski definition) is 3. The summed E-state index contributed by atoms with van der Waals surface area (Å²) < 4.78 is 7.23. The predicted molar refractivity (Wildman–Crippen MR) is 121 cm³/mol. The molecule has 33 heavy (non-hydrogen) atoms. The molecule has 11 nitrogen and oxygen atoms in total. The third-order valence-electron chi connectivity index (χ3n) is 6.39. The molecule has 2 aliphatic heterocycles. The fourth-order valence-electron chi connectivity index (χ4n) is 4.38. The Balaban J connectivity index is 1.47. The van der Waals surface area contributed by atoms with Gasteiger partial charge in [-0.3, -0.25) is 25.2 Å². The number of hydrogen-bond acceptors (Lipinski definition) is 7. The Hall–Kier alpha value is -3.21. The zero-order chi connectivity index (χ0) is 23.4. The SMILES string of the molecule is CCn1ncc2c(NC3CCOCC3)c(C(=O)NNC(=O)C3CCN(C(C)=O)CC3)cnc21. The fraction of sp³-hybridized carbons (Fsp3) is 0.591. The van der Waals surface area contributed by atoms with E-state index in [0.29, 0.717) is 62.6 Å². The second-order valence-electron chi connectivity index (χ2n) is 8.50. The number of aromatic nitrogens is 3. The van der Waals surface area contributed by atoms with Crippen LogP contribution in [0.4, 0.5) is 5.69 Å². The molecule has 0 aliphatic carbocycles. The van der Waals surface area contributed by atoms with E-state index >= 15 is 0 Å². The van der Waals surface area contributed by atoms with E-state index < -0.39 is 5.91 Å². The van der Waals surface area contributed by atoms with Crippen molar-refractivity contribution in [2.45, 2.75) is 52.1 Å². The highest BCUT2D eigenvalue weighted by molar-refractivity contribution is 6.06. The summed E-state index contributed by atoms with van der Waals surface area (Å²) in [5.74, 6) is -0.929. The van der Waals surface area contributed by atoms with E-state index in [1.165, 1.54) is 13.1 Å². The molecular weight excluding hydrogens is 426 g/mol. The van der Waals surface area contributed by atoms with Crippen LogP contribution in [0, 0.1) is 5.92 Å². The number of carbonyl (C=O) groups is 3. The van der Waals surface area contributed by atoms with Gasteiger partial charge in [-0.05, 0) is 32.6 Å². The molecule has 3 amide bonds. The number of nitrogens with zero attached hydrogens (tertiary/aromatic N) is 4. The number of piperidine rings is 1. The molecule has 0 aromatic carbocycles. The first kappa shape index (κ1) is 23.0. The molecule has 4 rings (SSSR count). The fourth-order valence-corrected chi connectivity index (χ4v) is 4.38. The van der Waals surface area contributed by atoms with Gasteiger partial charge in [-0.15, -0.1) is 0 Å². The molecule has 3 N–H and O–H groups in total. The van der Waals surface area contributed by atoms with Crippen molar-refractivity contribution in [2.24, 2.45) is 5.92 Å². The van der Waals surface area contributed by atoms with Gasteiger partial charge in [-0.1, -0.05) is 0 Å². The molecule has 0 bridgehead atoms. The molecule has 2 saturated heterocycles. The van der Waals surface area contributed by atoms with Crippen LogP contribution in [-0.2, 0) is 20.9 Å². The smallest absolute Gasteiger partial charge is 0.273 e. The molecule has 2 aromatic rings. The van der Waals surface area contributed by atoms with Crippen LogP contribution in [-0.4, -0.2) is 69.7 Å². The van der Waals surface area contributed by atoms with Crippen LogP contribution in [0.25, 0.3) is 11.0 Å². The summed E-state index contributed by atoms with van der Waals surface area (Å²) in [5.41, 5.74) is 6.80. The zero-order valence-corrected chi connectivity index (χ0v) is 19.1. The second-order valence-corrected chi connectivity index (χ2v) is 8.50. The molecule has 0 saturated carbocycles. The topological polar surface area (TPSA) is 130 Å². The van der Waals surface area contributed by atoms with E-state index in [0.717, 1.165) is 18.2 Å². The monoisotopic (exact) mass is 457 g/mol. The Morgan fingerprint density at radius 1 is 1.09 bits per heavy atom. The maximum Gasteiger partial charge on any atom is 0.273 e. The predicted octanol–water partition coefficient (Wildman–Crippen LogP) is 1.06. The lowest BCUT2D eigenvalue weighted by Crippen LogP contribution is -2.48. The van der Waals surface area contributed by atoms with Gasteiger partial charge in [0.05, 0.1) is 22.8 Å². The third kappa shape index (κ3) is 5.08. The molecule has 2 fully saturated rings. The third-order valence-corrected chi connectivity index (χ3v) is 6.39. The van der Waals surface area contributed by atoms with E-state index in [-0.39, 0.29) is 23.8 Å². The normalized spacial score (nSPS) is 17.7. The van der Waals surface area contributed by atoms with Gasteiger partial charge in [-0.2, -0.15) is 5.10 Å². The standard InChI is InChI=1S/C22H31N7O4/c1-3-29-20-17(13-24-29)19(25-16-6-10-33-11-7-16)18(12-23-20)22(32)27-26-21(31)15-4-8-28(9-5-15)14(2)30/h12-13,15-16H,3-11H2,1-2H3,(H,23,25)(H,26,31)(H,27,32). The molecule has 0 atom stereocenters. The lowest BCUT2D eigenvalue weighted by Gasteiger charge is -2.30. The number of rotatable bonds is 5. The van der Waals surface area contributed by atoms with Crippen molar-refractivity contribution in [2.75, 3.05) is 31.6 Å². The van der Waals surface area contributed by atoms with Crippen molar-refractivity contribution >= 4 is 34.4 Å². The summed E-state index contributed by atoms with van der Waals surface area (Å²) in [4.78, 5) is 43.3. The van der Waals surface area contributed by atoms with Crippen molar-refractivity contribution in [3.05, 3.63) is 18.0 Å². The van der Waals surface area contributed by atoms with E-state index in [1.807, 2.05) is 6.92 Å². The number of carbonyl (C=O) groups excluding carboxylic acids is 3. The minimum atomic E-state index is -0.447. The van der Waals surface area contributed by atoms with E-state index in [1.54, 1.807) is 15.8 Å². The molecule has 4 heterocycles. The van der Waals surface area contributed by atoms with Crippen LogP contribution in [0.1, 0.15) is 49.9 Å². The number of amides is 3. The largest absolute Gasteiger partial charge is 0.381 e. The number of hydrazine groups is 1. The summed E-state index contributed by atoms with van der Waals surface area (Å²) in [6, 6.07) is 0.168. The minimum Gasteiger partial charge on any atom is -0.381 e. The molecule has 2 aromatic heterocycles. The summed E-state index contributed by atoms with van der Waals surface area (Å²) in [6.45, 7) is 6.60.